The molecule has 0 aliphatic rings. The van der Waals surface area contributed by atoms with E-state index in [1.54, 1.807) is 30.2 Å². The number of methoxy groups -OCH3 is 1. The molecule has 2 amide bonds. The fourth-order valence-electron chi connectivity index (χ4n) is 3.67. The van der Waals surface area contributed by atoms with Crippen molar-refractivity contribution in [1.82, 2.24) is 10.2 Å². The topological polar surface area (TPSA) is 102 Å². The molecule has 178 valence electrons. The number of benzene rings is 2. The van der Waals surface area contributed by atoms with Gasteiger partial charge in [-0.2, -0.15) is 0 Å². The SMILES string of the molecule is CCC(C)C(NC(=O)c1cccc(CN)c1)C(=O)N(CCCOC)C(C=O)c1ccccc1. The number of aldehydes is 1. The number of carbonyl (C=O) groups excluding carboxylic acids is 3. The molecule has 2 rings (SSSR count). The average Bonchev–Trinajstić information content (AvgIpc) is 2.86. The second-order valence-electron chi connectivity index (χ2n) is 8.11. The molecule has 33 heavy (non-hydrogen) atoms. The molecule has 0 radical (unpaired) electrons. The molecule has 3 atom stereocenters. The first-order valence-electron chi connectivity index (χ1n) is 11.4. The molecule has 3 N–H and O–H groups in total. The van der Waals surface area contributed by atoms with Gasteiger partial charge in [-0.1, -0.05) is 62.7 Å². The lowest BCUT2D eigenvalue weighted by Gasteiger charge is -2.34. The molecule has 0 bridgehead atoms. The van der Waals surface area contributed by atoms with E-state index < -0.39 is 12.1 Å². The molecule has 0 fully saturated rings. The highest BCUT2D eigenvalue weighted by Crippen LogP contribution is 2.23. The summed E-state index contributed by atoms with van der Waals surface area (Å²) < 4.78 is 5.16. The molecule has 0 spiro atoms. The number of rotatable bonds is 13. The van der Waals surface area contributed by atoms with Crippen LogP contribution in [-0.4, -0.2) is 49.3 Å². The quantitative estimate of drug-likeness (QED) is 0.358. The normalized spacial score (nSPS) is 13.6. The minimum atomic E-state index is -0.780. The molecule has 2 aromatic rings. The van der Waals surface area contributed by atoms with Crippen molar-refractivity contribution in [2.24, 2.45) is 11.7 Å². The van der Waals surface area contributed by atoms with E-state index in [0.29, 0.717) is 38.1 Å². The van der Waals surface area contributed by atoms with Crippen molar-refractivity contribution < 1.29 is 19.1 Å². The molecular weight excluding hydrogens is 418 g/mol. The van der Waals surface area contributed by atoms with Gasteiger partial charge in [0.1, 0.15) is 18.4 Å². The highest BCUT2D eigenvalue weighted by Gasteiger charge is 2.34. The predicted octanol–water partition coefficient (Wildman–Crippen LogP) is 3.10. The van der Waals surface area contributed by atoms with Gasteiger partial charge in [-0.3, -0.25) is 9.59 Å². The lowest BCUT2D eigenvalue weighted by molar-refractivity contribution is -0.139. The van der Waals surface area contributed by atoms with Crippen molar-refractivity contribution in [3.05, 3.63) is 71.3 Å². The summed E-state index contributed by atoms with van der Waals surface area (Å²) in [7, 11) is 1.60. The summed E-state index contributed by atoms with van der Waals surface area (Å²) in [5.41, 5.74) is 7.71. The van der Waals surface area contributed by atoms with Crippen LogP contribution in [0.1, 0.15) is 54.2 Å². The van der Waals surface area contributed by atoms with E-state index in [4.69, 9.17) is 10.5 Å². The van der Waals surface area contributed by atoms with Gasteiger partial charge in [-0.25, -0.2) is 0 Å². The average molecular weight is 454 g/mol. The maximum absolute atomic E-state index is 13.8. The van der Waals surface area contributed by atoms with Crippen molar-refractivity contribution in [3.63, 3.8) is 0 Å². The van der Waals surface area contributed by atoms with Crippen LogP contribution in [0.2, 0.25) is 0 Å². The van der Waals surface area contributed by atoms with Gasteiger partial charge in [0, 0.05) is 32.4 Å². The number of nitrogens with two attached hydrogens (primary N) is 1. The molecule has 0 saturated heterocycles. The Labute approximate surface area is 196 Å². The number of nitrogens with one attached hydrogen (secondary N) is 1. The van der Waals surface area contributed by atoms with E-state index in [1.165, 1.54) is 0 Å². The molecule has 0 aromatic heterocycles. The predicted molar refractivity (Wildman–Crippen MR) is 128 cm³/mol. The Morgan fingerprint density at radius 2 is 1.88 bits per heavy atom. The number of nitrogens with zero attached hydrogens (tertiary/aromatic N) is 1. The van der Waals surface area contributed by atoms with Gasteiger partial charge in [0.05, 0.1) is 0 Å². The van der Waals surface area contributed by atoms with Crippen molar-refractivity contribution in [2.75, 3.05) is 20.3 Å². The maximum Gasteiger partial charge on any atom is 0.251 e. The summed E-state index contributed by atoms with van der Waals surface area (Å²) in [5, 5.41) is 2.92. The van der Waals surface area contributed by atoms with Gasteiger partial charge in [0.25, 0.3) is 5.91 Å². The molecule has 0 aliphatic heterocycles. The summed E-state index contributed by atoms with van der Waals surface area (Å²) in [5.74, 6) is -0.764. The zero-order valence-corrected chi connectivity index (χ0v) is 19.7. The van der Waals surface area contributed by atoms with E-state index in [-0.39, 0.29) is 17.7 Å². The minimum Gasteiger partial charge on any atom is -0.385 e. The molecular formula is C26H35N3O4. The van der Waals surface area contributed by atoms with Crippen LogP contribution >= 0.6 is 0 Å². The van der Waals surface area contributed by atoms with E-state index >= 15 is 0 Å². The number of hydrogen-bond acceptors (Lipinski definition) is 5. The standard InChI is InChI=1S/C26H35N3O4/c1-4-19(2)24(28-25(31)22-13-8-10-20(16-22)17-27)26(32)29(14-9-15-33-3)23(18-30)21-11-6-5-7-12-21/h5-8,10-13,16,18-19,23-24H,4,9,14-15,17,27H2,1-3H3,(H,28,31). The molecule has 0 heterocycles. The Hall–Kier alpha value is -3.03. The zero-order chi connectivity index (χ0) is 24.2. The number of carbonyl (C=O) groups is 3. The second-order valence-corrected chi connectivity index (χ2v) is 8.11. The molecule has 0 saturated carbocycles. The van der Waals surface area contributed by atoms with E-state index in [9.17, 15) is 14.4 Å². The Balaban J connectivity index is 2.35. The first kappa shape index (κ1) is 26.2. The lowest BCUT2D eigenvalue weighted by atomic mass is 9.95. The first-order chi connectivity index (χ1) is 16.0. The highest BCUT2D eigenvalue weighted by molar-refractivity contribution is 5.98. The number of amides is 2. The lowest BCUT2D eigenvalue weighted by Crippen LogP contribution is -2.53. The molecule has 0 aliphatic carbocycles. The number of hydrogen-bond donors (Lipinski definition) is 2. The summed E-state index contributed by atoms with van der Waals surface area (Å²) in [6.45, 7) is 4.99. The van der Waals surface area contributed by atoms with Crippen LogP contribution in [0.4, 0.5) is 0 Å². The van der Waals surface area contributed by atoms with E-state index in [1.807, 2.05) is 50.2 Å². The van der Waals surface area contributed by atoms with Crippen LogP contribution in [0.3, 0.4) is 0 Å². The smallest absolute Gasteiger partial charge is 0.251 e. The zero-order valence-electron chi connectivity index (χ0n) is 19.7. The van der Waals surface area contributed by atoms with E-state index in [0.717, 1.165) is 17.4 Å². The Kier molecular flexibility index (Phi) is 10.7. The van der Waals surface area contributed by atoms with E-state index in [2.05, 4.69) is 5.32 Å². The van der Waals surface area contributed by atoms with Crippen LogP contribution in [0.5, 0.6) is 0 Å². The van der Waals surface area contributed by atoms with Gasteiger partial charge in [0.15, 0.2) is 0 Å². The van der Waals surface area contributed by atoms with Crippen LogP contribution in [0, 0.1) is 5.92 Å². The van der Waals surface area contributed by atoms with Gasteiger partial charge in [-0.15, -0.1) is 0 Å². The van der Waals surface area contributed by atoms with Gasteiger partial charge in [-0.05, 0) is 35.6 Å². The minimum absolute atomic E-state index is 0.132. The van der Waals surface area contributed by atoms with Crippen molar-refractivity contribution in [2.45, 2.75) is 45.3 Å². The summed E-state index contributed by atoms with van der Waals surface area (Å²) >= 11 is 0. The Morgan fingerprint density at radius 1 is 1.15 bits per heavy atom. The summed E-state index contributed by atoms with van der Waals surface area (Å²) in [6.07, 6.45) is 2.03. The molecule has 7 nitrogen and oxygen atoms in total. The largest absolute Gasteiger partial charge is 0.385 e. The van der Waals surface area contributed by atoms with Crippen LogP contribution in [0.15, 0.2) is 54.6 Å². The van der Waals surface area contributed by atoms with Crippen LogP contribution in [0.25, 0.3) is 0 Å². The van der Waals surface area contributed by atoms with Gasteiger partial charge in [0.2, 0.25) is 5.91 Å². The van der Waals surface area contributed by atoms with Gasteiger partial charge < -0.3 is 25.5 Å². The monoisotopic (exact) mass is 453 g/mol. The molecule has 2 aromatic carbocycles. The first-order valence-corrected chi connectivity index (χ1v) is 11.4. The van der Waals surface area contributed by atoms with Crippen LogP contribution < -0.4 is 11.1 Å². The number of ether oxygens (including phenoxy) is 1. The maximum atomic E-state index is 13.8. The third-order valence-electron chi connectivity index (χ3n) is 5.83. The summed E-state index contributed by atoms with van der Waals surface area (Å²) in [6, 6.07) is 14.7. The van der Waals surface area contributed by atoms with Crippen LogP contribution in [-0.2, 0) is 20.9 Å². The van der Waals surface area contributed by atoms with Crippen molar-refractivity contribution >= 4 is 18.1 Å². The Morgan fingerprint density at radius 3 is 2.48 bits per heavy atom. The molecule has 7 heteroatoms. The fraction of sp³-hybridized carbons (Fsp3) is 0.423. The summed E-state index contributed by atoms with van der Waals surface area (Å²) in [4.78, 5) is 40.5. The third-order valence-corrected chi connectivity index (χ3v) is 5.83. The fourth-order valence-corrected chi connectivity index (χ4v) is 3.67. The third kappa shape index (κ3) is 7.23. The van der Waals surface area contributed by atoms with Crippen molar-refractivity contribution in [3.8, 4) is 0 Å². The van der Waals surface area contributed by atoms with Gasteiger partial charge >= 0.3 is 0 Å². The molecule has 3 unspecified atom stereocenters. The Bertz CT molecular complexity index is 903. The van der Waals surface area contributed by atoms with Crippen molar-refractivity contribution in [1.29, 1.82) is 0 Å². The highest BCUT2D eigenvalue weighted by atomic mass is 16.5. The second kappa shape index (κ2) is 13.5.